The molecule has 3 N–H and O–H groups in total. The molecule has 188 valence electrons. The highest BCUT2D eigenvalue weighted by Crippen LogP contribution is 2.25. The molecule has 3 atom stereocenters. The van der Waals surface area contributed by atoms with Crippen molar-refractivity contribution in [3.8, 4) is 0 Å². The summed E-state index contributed by atoms with van der Waals surface area (Å²) in [6.45, 7) is 0.217. The summed E-state index contributed by atoms with van der Waals surface area (Å²) in [5.41, 5.74) is 0.730. The van der Waals surface area contributed by atoms with Crippen LogP contribution in [0.25, 0.3) is 10.9 Å². The SMILES string of the molecule is O=CC(CC(=O)O)NC(=O)C1CCCN2C(=O)CCC(NC(=O)c3cccc4cccnc34)C(=O)N12. The predicted octanol–water partition coefficient (Wildman–Crippen LogP) is 0.0200. The first-order chi connectivity index (χ1) is 17.3. The van der Waals surface area contributed by atoms with Crippen molar-refractivity contribution in [1.82, 2.24) is 25.6 Å². The zero-order valence-corrected chi connectivity index (χ0v) is 19.3. The number of para-hydroxylation sites is 1. The summed E-state index contributed by atoms with van der Waals surface area (Å²) < 4.78 is 0. The maximum absolute atomic E-state index is 13.6. The summed E-state index contributed by atoms with van der Waals surface area (Å²) >= 11 is 0. The number of hydrogen-bond donors (Lipinski definition) is 3. The molecular weight excluding hydrogens is 470 g/mol. The molecule has 4 rings (SSSR count). The Morgan fingerprint density at radius 3 is 2.69 bits per heavy atom. The number of aromatic nitrogens is 1. The molecule has 0 aliphatic carbocycles. The van der Waals surface area contributed by atoms with Gasteiger partial charge in [-0.3, -0.25) is 34.0 Å². The molecule has 2 fully saturated rings. The Morgan fingerprint density at radius 2 is 1.94 bits per heavy atom. The highest BCUT2D eigenvalue weighted by molar-refractivity contribution is 6.07. The Labute approximate surface area is 205 Å². The maximum Gasteiger partial charge on any atom is 0.305 e. The van der Waals surface area contributed by atoms with Gasteiger partial charge < -0.3 is 20.5 Å². The van der Waals surface area contributed by atoms with Crippen molar-refractivity contribution >= 4 is 46.8 Å². The summed E-state index contributed by atoms with van der Waals surface area (Å²) in [6, 6.07) is 5.14. The Kier molecular flexibility index (Phi) is 7.23. The van der Waals surface area contributed by atoms with Crippen LogP contribution in [0.4, 0.5) is 0 Å². The zero-order chi connectivity index (χ0) is 25.8. The number of nitrogens with zero attached hydrogens (tertiary/aromatic N) is 3. The smallest absolute Gasteiger partial charge is 0.305 e. The second kappa shape index (κ2) is 10.5. The van der Waals surface area contributed by atoms with E-state index >= 15 is 0 Å². The van der Waals surface area contributed by atoms with Crippen LogP contribution in [0.3, 0.4) is 0 Å². The predicted molar refractivity (Wildman–Crippen MR) is 124 cm³/mol. The number of rotatable bonds is 7. The number of aldehydes is 1. The topological polar surface area (TPSA) is 166 Å². The van der Waals surface area contributed by atoms with Crippen LogP contribution in [0, 0.1) is 0 Å². The Hall–Kier alpha value is -4.35. The van der Waals surface area contributed by atoms with E-state index in [2.05, 4.69) is 15.6 Å². The first kappa shape index (κ1) is 24.8. The van der Waals surface area contributed by atoms with Gasteiger partial charge in [0.05, 0.1) is 23.5 Å². The van der Waals surface area contributed by atoms with E-state index in [9.17, 15) is 28.8 Å². The summed E-state index contributed by atoms with van der Waals surface area (Å²) in [7, 11) is 0. The van der Waals surface area contributed by atoms with Gasteiger partial charge in [-0.2, -0.15) is 0 Å². The number of carbonyl (C=O) groups is 6. The van der Waals surface area contributed by atoms with Crippen LogP contribution in [0.2, 0.25) is 0 Å². The van der Waals surface area contributed by atoms with Gasteiger partial charge in [0.25, 0.3) is 11.8 Å². The molecule has 2 aromatic rings. The minimum absolute atomic E-state index is 0.0225. The summed E-state index contributed by atoms with van der Waals surface area (Å²) in [5, 5.41) is 17.0. The highest BCUT2D eigenvalue weighted by atomic mass is 16.4. The third-order valence-corrected chi connectivity index (χ3v) is 6.23. The zero-order valence-electron chi connectivity index (χ0n) is 19.3. The number of nitrogens with one attached hydrogen (secondary N) is 2. The number of hydrazine groups is 1. The minimum Gasteiger partial charge on any atom is -0.481 e. The van der Waals surface area contributed by atoms with E-state index in [4.69, 9.17) is 5.11 Å². The summed E-state index contributed by atoms with van der Waals surface area (Å²) in [5.74, 6) is -3.57. The molecule has 12 heteroatoms. The molecule has 1 aromatic carbocycles. The number of fused-ring (bicyclic) bond motifs is 2. The molecule has 3 unspecified atom stereocenters. The molecule has 3 heterocycles. The van der Waals surface area contributed by atoms with E-state index in [1.165, 1.54) is 5.01 Å². The fourth-order valence-electron chi connectivity index (χ4n) is 4.53. The second-order valence-electron chi connectivity index (χ2n) is 8.65. The standard InChI is InChI=1S/C24H25N5O7/c30-13-15(12-20(32)33)26-23(35)18-7-3-11-28-19(31)9-8-17(24(36)29(18)28)27-22(34)16-6-1-4-14-5-2-10-25-21(14)16/h1-2,4-6,10,13,15,17-18H,3,7-9,11-12H2,(H,26,35)(H,27,34)(H,32,33). The number of amides is 4. The molecule has 1 aromatic heterocycles. The van der Waals surface area contributed by atoms with Gasteiger partial charge in [-0.1, -0.05) is 18.2 Å². The van der Waals surface area contributed by atoms with Crippen molar-refractivity contribution < 1.29 is 33.9 Å². The van der Waals surface area contributed by atoms with E-state index < -0.39 is 48.2 Å². The van der Waals surface area contributed by atoms with E-state index in [0.717, 1.165) is 10.4 Å². The van der Waals surface area contributed by atoms with Gasteiger partial charge in [0, 0.05) is 24.5 Å². The third-order valence-electron chi connectivity index (χ3n) is 6.23. The van der Waals surface area contributed by atoms with Crippen LogP contribution in [-0.4, -0.2) is 80.7 Å². The number of pyridine rings is 1. The molecular formula is C24H25N5O7. The van der Waals surface area contributed by atoms with Crippen LogP contribution in [-0.2, 0) is 24.0 Å². The number of hydrogen-bond acceptors (Lipinski definition) is 7. The highest BCUT2D eigenvalue weighted by Gasteiger charge is 2.45. The van der Waals surface area contributed by atoms with Crippen molar-refractivity contribution in [1.29, 1.82) is 0 Å². The molecule has 4 amide bonds. The number of carboxylic acids is 1. The monoisotopic (exact) mass is 495 g/mol. The van der Waals surface area contributed by atoms with Crippen LogP contribution in [0.5, 0.6) is 0 Å². The summed E-state index contributed by atoms with van der Waals surface area (Å²) in [6.07, 6.45) is 1.90. The molecule has 36 heavy (non-hydrogen) atoms. The molecule has 0 radical (unpaired) electrons. The number of aliphatic carboxylic acids is 1. The summed E-state index contributed by atoms with van der Waals surface area (Å²) in [4.78, 5) is 78.9. The average Bonchev–Trinajstić information content (AvgIpc) is 2.99. The van der Waals surface area contributed by atoms with Crippen molar-refractivity contribution in [2.75, 3.05) is 6.54 Å². The van der Waals surface area contributed by atoms with Gasteiger partial charge in [0.2, 0.25) is 11.8 Å². The Balaban J connectivity index is 1.57. The van der Waals surface area contributed by atoms with Gasteiger partial charge >= 0.3 is 5.97 Å². The fraction of sp³-hybridized carbons (Fsp3) is 0.375. The van der Waals surface area contributed by atoms with Crippen LogP contribution >= 0.6 is 0 Å². The quantitative estimate of drug-likeness (QED) is 0.452. The van der Waals surface area contributed by atoms with Crippen LogP contribution in [0.1, 0.15) is 42.5 Å². The van der Waals surface area contributed by atoms with Gasteiger partial charge in [-0.05, 0) is 31.4 Å². The minimum atomic E-state index is -1.28. The molecule has 2 saturated heterocycles. The molecule has 0 spiro atoms. The molecule has 0 saturated carbocycles. The number of benzene rings is 1. The third kappa shape index (κ3) is 5.02. The van der Waals surface area contributed by atoms with Crippen molar-refractivity contribution in [3.63, 3.8) is 0 Å². The lowest BCUT2D eigenvalue weighted by Gasteiger charge is -2.43. The molecule has 12 nitrogen and oxygen atoms in total. The van der Waals surface area contributed by atoms with E-state index in [-0.39, 0.29) is 37.3 Å². The number of carbonyl (C=O) groups excluding carboxylic acids is 5. The van der Waals surface area contributed by atoms with E-state index in [1.807, 2.05) is 0 Å². The number of carboxylic acid groups (broad SMARTS) is 1. The lowest BCUT2D eigenvalue weighted by atomic mass is 10.0. The lowest BCUT2D eigenvalue weighted by molar-refractivity contribution is -0.176. The largest absolute Gasteiger partial charge is 0.481 e. The van der Waals surface area contributed by atoms with E-state index in [1.54, 1.807) is 36.5 Å². The first-order valence-corrected chi connectivity index (χ1v) is 11.6. The van der Waals surface area contributed by atoms with Gasteiger partial charge in [-0.25, -0.2) is 5.01 Å². The molecule has 2 aliphatic rings. The fourth-order valence-corrected chi connectivity index (χ4v) is 4.53. The maximum atomic E-state index is 13.6. The Bertz CT molecular complexity index is 1230. The van der Waals surface area contributed by atoms with Crippen LogP contribution < -0.4 is 10.6 Å². The molecule has 2 aliphatic heterocycles. The average molecular weight is 495 g/mol. The molecule has 0 bridgehead atoms. The van der Waals surface area contributed by atoms with E-state index in [0.29, 0.717) is 18.2 Å². The van der Waals surface area contributed by atoms with Crippen molar-refractivity contribution in [2.24, 2.45) is 0 Å². The van der Waals surface area contributed by atoms with Gasteiger partial charge in [0.1, 0.15) is 18.4 Å². The Morgan fingerprint density at radius 1 is 1.17 bits per heavy atom. The first-order valence-electron chi connectivity index (χ1n) is 11.6. The normalized spacial score (nSPS) is 20.8. The van der Waals surface area contributed by atoms with Gasteiger partial charge in [-0.15, -0.1) is 0 Å². The van der Waals surface area contributed by atoms with Crippen LogP contribution in [0.15, 0.2) is 36.5 Å². The van der Waals surface area contributed by atoms with Crippen molar-refractivity contribution in [3.05, 3.63) is 42.1 Å². The second-order valence-corrected chi connectivity index (χ2v) is 8.65. The lowest BCUT2D eigenvalue weighted by Crippen LogP contribution is -2.64. The van der Waals surface area contributed by atoms with Crippen molar-refractivity contribution in [2.45, 2.75) is 50.2 Å². The van der Waals surface area contributed by atoms with Gasteiger partial charge in [0.15, 0.2) is 0 Å².